The number of carbonyl (C=O) groups excluding carboxylic acids is 1. The fourth-order valence-corrected chi connectivity index (χ4v) is 4.14. The second-order valence-electron chi connectivity index (χ2n) is 6.18. The Balaban J connectivity index is 1.44. The Bertz CT molecular complexity index is 1280. The van der Waals surface area contributed by atoms with E-state index in [1.165, 1.54) is 18.2 Å². The van der Waals surface area contributed by atoms with Crippen LogP contribution in [0, 0.1) is 0 Å². The molecular weight excluding hydrogens is 414 g/mol. The number of anilines is 1. The van der Waals surface area contributed by atoms with Gasteiger partial charge in [-0.05, 0) is 28.9 Å². The lowest BCUT2D eigenvalue weighted by Crippen LogP contribution is -2.10. The molecule has 0 bridgehead atoms. The summed E-state index contributed by atoms with van der Waals surface area (Å²) in [6, 6.07) is 15.5. The first-order valence-corrected chi connectivity index (χ1v) is 11.1. The van der Waals surface area contributed by atoms with E-state index in [0.717, 1.165) is 23.2 Å². The number of hydrogen-bond acceptors (Lipinski definition) is 8. The summed E-state index contributed by atoms with van der Waals surface area (Å²) in [6.45, 7) is 0.301. The third-order valence-corrected chi connectivity index (χ3v) is 5.99. The third-order valence-electron chi connectivity index (χ3n) is 3.95. The maximum Gasteiger partial charge on any atom is 0.296 e. The van der Waals surface area contributed by atoms with Crippen LogP contribution in [0.25, 0.3) is 10.2 Å². The summed E-state index contributed by atoms with van der Waals surface area (Å²) in [5.74, 6) is -0.361. The topological polar surface area (TPSA) is 111 Å². The molecule has 4 aromatic rings. The van der Waals surface area contributed by atoms with Crippen molar-refractivity contribution in [3.8, 4) is 5.88 Å². The number of nitrogens with zero attached hydrogens (tertiary/aromatic N) is 2. The summed E-state index contributed by atoms with van der Waals surface area (Å²) in [5.41, 5.74) is 1.55. The van der Waals surface area contributed by atoms with Crippen LogP contribution in [0.2, 0.25) is 0 Å². The van der Waals surface area contributed by atoms with Gasteiger partial charge in [0.15, 0.2) is 15.0 Å². The van der Waals surface area contributed by atoms with E-state index in [0.29, 0.717) is 22.0 Å². The maximum absolute atomic E-state index is 12.4. The number of benzene rings is 2. The molecule has 8 nitrogen and oxygen atoms in total. The van der Waals surface area contributed by atoms with Gasteiger partial charge in [-0.3, -0.25) is 10.1 Å². The predicted molar refractivity (Wildman–Crippen MR) is 108 cm³/mol. The highest BCUT2D eigenvalue weighted by Gasteiger charge is 2.17. The highest BCUT2D eigenvalue weighted by atomic mass is 32.2. The van der Waals surface area contributed by atoms with Crippen LogP contribution in [0.1, 0.15) is 16.1 Å². The van der Waals surface area contributed by atoms with Crippen LogP contribution in [-0.2, 0) is 16.4 Å². The Morgan fingerprint density at radius 1 is 1.17 bits per heavy atom. The number of aromatic nitrogens is 2. The minimum atomic E-state index is -3.32. The summed E-state index contributed by atoms with van der Waals surface area (Å²) in [4.78, 5) is 16.9. The molecule has 4 rings (SSSR count). The van der Waals surface area contributed by atoms with Gasteiger partial charge in [0.1, 0.15) is 6.61 Å². The molecule has 10 heteroatoms. The summed E-state index contributed by atoms with van der Waals surface area (Å²) >= 11 is 1.16. The number of thiazole rings is 1. The fraction of sp³-hybridized carbons (Fsp3) is 0.105. The van der Waals surface area contributed by atoms with Gasteiger partial charge in [-0.15, -0.1) is 0 Å². The predicted octanol–water partition coefficient (Wildman–Crippen LogP) is 3.52. The lowest BCUT2D eigenvalue weighted by molar-refractivity contribution is 0.0987. The highest BCUT2D eigenvalue weighted by molar-refractivity contribution is 7.90. The van der Waals surface area contributed by atoms with E-state index in [4.69, 9.17) is 9.26 Å². The van der Waals surface area contributed by atoms with Gasteiger partial charge in [-0.1, -0.05) is 41.7 Å². The van der Waals surface area contributed by atoms with Crippen LogP contribution in [0.4, 0.5) is 5.13 Å². The van der Waals surface area contributed by atoms with Gasteiger partial charge in [-0.2, -0.15) is 0 Å². The van der Waals surface area contributed by atoms with E-state index in [2.05, 4.69) is 15.5 Å². The van der Waals surface area contributed by atoms with Crippen molar-refractivity contribution in [3.05, 3.63) is 65.9 Å². The zero-order chi connectivity index (χ0) is 20.4. The summed E-state index contributed by atoms with van der Waals surface area (Å²) in [5, 5.41) is 6.67. The lowest BCUT2D eigenvalue weighted by Gasteiger charge is -2.00. The van der Waals surface area contributed by atoms with Crippen molar-refractivity contribution in [1.29, 1.82) is 0 Å². The number of sulfone groups is 1. The quantitative estimate of drug-likeness (QED) is 0.499. The normalized spacial score (nSPS) is 11.5. The van der Waals surface area contributed by atoms with Gasteiger partial charge in [0.05, 0.1) is 21.2 Å². The van der Waals surface area contributed by atoms with E-state index in [1.54, 1.807) is 6.07 Å². The van der Waals surface area contributed by atoms with Crippen LogP contribution in [0.3, 0.4) is 0 Å². The van der Waals surface area contributed by atoms with Crippen molar-refractivity contribution < 1.29 is 22.5 Å². The molecule has 0 atom stereocenters. The molecule has 0 radical (unpaired) electrons. The molecule has 148 valence electrons. The van der Waals surface area contributed by atoms with Gasteiger partial charge < -0.3 is 9.26 Å². The lowest BCUT2D eigenvalue weighted by atomic mass is 10.2. The van der Waals surface area contributed by atoms with Crippen LogP contribution in [0.5, 0.6) is 5.88 Å². The second kappa shape index (κ2) is 7.64. The van der Waals surface area contributed by atoms with Crippen molar-refractivity contribution in [2.75, 3.05) is 11.6 Å². The number of hydrogen-bond donors (Lipinski definition) is 1. The average Bonchev–Trinajstić information content (AvgIpc) is 3.32. The molecule has 0 spiro atoms. The summed E-state index contributed by atoms with van der Waals surface area (Å²) < 4.78 is 34.5. The van der Waals surface area contributed by atoms with E-state index < -0.39 is 15.7 Å². The molecule has 2 heterocycles. The van der Waals surface area contributed by atoms with Crippen LogP contribution in [0.15, 0.2) is 64.0 Å². The number of rotatable bonds is 6. The summed E-state index contributed by atoms with van der Waals surface area (Å²) in [7, 11) is -3.32. The van der Waals surface area contributed by atoms with E-state index in [1.807, 2.05) is 30.3 Å². The first-order chi connectivity index (χ1) is 13.9. The van der Waals surface area contributed by atoms with E-state index in [-0.39, 0.29) is 16.5 Å². The molecule has 0 aliphatic carbocycles. The Labute approximate surface area is 170 Å². The van der Waals surface area contributed by atoms with Crippen LogP contribution in [-0.4, -0.2) is 30.7 Å². The molecule has 0 saturated carbocycles. The molecule has 0 aliphatic rings. The fourth-order valence-electron chi connectivity index (χ4n) is 2.51. The molecule has 0 fully saturated rings. The minimum absolute atomic E-state index is 0.0239. The highest BCUT2D eigenvalue weighted by Crippen LogP contribution is 2.28. The molecule has 0 unspecified atom stereocenters. The van der Waals surface area contributed by atoms with E-state index >= 15 is 0 Å². The second-order valence-corrected chi connectivity index (χ2v) is 9.22. The van der Waals surface area contributed by atoms with Gasteiger partial charge in [0.2, 0.25) is 5.76 Å². The van der Waals surface area contributed by atoms with Gasteiger partial charge in [0.25, 0.3) is 11.8 Å². The Kier molecular flexibility index (Phi) is 5.03. The van der Waals surface area contributed by atoms with Gasteiger partial charge in [-0.25, -0.2) is 13.4 Å². The van der Waals surface area contributed by atoms with Crippen molar-refractivity contribution in [2.45, 2.75) is 11.5 Å². The Hall–Kier alpha value is -3.24. The first-order valence-electron chi connectivity index (χ1n) is 8.44. The van der Waals surface area contributed by atoms with Crippen molar-refractivity contribution in [3.63, 3.8) is 0 Å². The Morgan fingerprint density at radius 3 is 2.72 bits per heavy atom. The van der Waals surface area contributed by atoms with Crippen molar-refractivity contribution in [2.24, 2.45) is 0 Å². The van der Waals surface area contributed by atoms with Crippen LogP contribution >= 0.6 is 11.3 Å². The molecular formula is C19H15N3O5S2. The molecule has 1 N–H and O–H groups in total. The van der Waals surface area contributed by atoms with Gasteiger partial charge >= 0.3 is 0 Å². The molecule has 2 aromatic heterocycles. The molecule has 1 amide bonds. The van der Waals surface area contributed by atoms with Gasteiger partial charge in [0, 0.05) is 6.26 Å². The largest absolute Gasteiger partial charge is 0.471 e. The first kappa shape index (κ1) is 19.1. The summed E-state index contributed by atoms with van der Waals surface area (Å²) in [6.07, 6.45) is 1.14. The number of carbonyl (C=O) groups is 1. The standard InChI is InChI=1S/C19H15N3O5S2/c1-29(24,25)13-7-8-14-16(9-13)28-19(20-14)21-18(23)15-10-17(22-27-15)26-11-12-5-3-2-4-6-12/h2-10H,11H2,1H3,(H,20,21,23). The number of fused-ring (bicyclic) bond motifs is 1. The number of ether oxygens (including phenoxy) is 1. The number of nitrogens with one attached hydrogen (secondary N) is 1. The minimum Gasteiger partial charge on any atom is -0.471 e. The van der Waals surface area contributed by atoms with Crippen LogP contribution < -0.4 is 10.1 Å². The molecule has 29 heavy (non-hydrogen) atoms. The zero-order valence-corrected chi connectivity index (χ0v) is 16.8. The monoisotopic (exact) mass is 429 g/mol. The smallest absolute Gasteiger partial charge is 0.296 e. The van der Waals surface area contributed by atoms with Crippen molar-refractivity contribution >= 4 is 42.4 Å². The SMILES string of the molecule is CS(=O)(=O)c1ccc2nc(NC(=O)c3cc(OCc4ccccc4)no3)sc2c1. The zero-order valence-electron chi connectivity index (χ0n) is 15.2. The maximum atomic E-state index is 12.4. The van der Waals surface area contributed by atoms with E-state index in [9.17, 15) is 13.2 Å². The third kappa shape index (κ3) is 4.44. The molecule has 0 saturated heterocycles. The Morgan fingerprint density at radius 2 is 1.97 bits per heavy atom. The van der Waals surface area contributed by atoms with Crippen molar-refractivity contribution in [1.82, 2.24) is 10.1 Å². The molecule has 0 aliphatic heterocycles. The molecule has 2 aromatic carbocycles. The average molecular weight is 429 g/mol. The number of amides is 1.